The van der Waals surface area contributed by atoms with E-state index in [0.29, 0.717) is 28.6 Å². The van der Waals surface area contributed by atoms with Gasteiger partial charge < -0.3 is 10.2 Å². The average molecular weight is 367 g/mol. The van der Waals surface area contributed by atoms with E-state index >= 15 is 0 Å². The lowest BCUT2D eigenvalue weighted by Gasteiger charge is -1.98. The van der Waals surface area contributed by atoms with E-state index in [-0.39, 0.29) is 0 Å². The molecule has 108 valence electrons. The van der Waals surface area contributed by atoms with Gasteiger partial charge in [0.15, 0.2) is 5.16 Å². The summed E-state index contributed by atoms with van der Waals surface area (Å²) < 4.78 is 8.34. The number of halogens is 1. The molecule has 3 aromatic rings. The van der Waals surface area contributed by atoms with Crippen molar-refractivity contribution in [1.29, 1.82) is 0 Å². The van der Waals surface area contributed by atoms with Gasteiger partial charge in [0.1, 0.15) is 0 Å². The zero-order chi connectivity index (χ0) is 14.8. The second-order valence-electron chi connectivity index (χ2n) is 4.20. The number of nitrogen functional groups attached to an aromatic ring is 1. The number of anilines is 1. The summed E-state index contributed by atoms with van der Waals surface area (Å²) in [5, 5.41) is 16.5. The lowest BCUT2D eigenvalue weighted by molar-refractivity contribution is 0.528. The zero-order valence-electron chi connectivity index (χ0n) is 11.0. The smallest absolute Gasteiger partial charge is 0.247 e. The van der Waals surface area contributed by atoms with E-state index in [1.165, 1.54) is 11.8 Å². The molecule has 0 aliphatic heterocycles. The molecule has 2 heterocycles. The van der Waals surface area contributed by atoms with Gasteiger partial charge in [0.25, 0.3) is 0 Å². The number of rotatable bonds is 4. The average Bonchev–Trinajstić information content (AvgIpc) is 3.07. The molecule has 0 unspecified atom stereocenters. The first-order valence-corrected chi connectivity index (χ1v) is 7.77. The van der Waals surface area contributed by atoms with E-state index in [2.05, 4.69) is 36.3 Å². The molecule has 9 heteroatoms. The molecule has 0 bridgehead atoms. The molecular weight excluding hydrogens is 356 g/mol. The van der Waals surface area contributed by atoms with Crippen molar-refractivity contribution < 1.29 is 4.42 Å². The van der Waals surface area contributed by atoms with Crippen LogP contribution in [0.3, 0.4) is 0 Å². The monoisotopic (exact) mass is 366 g/mol. The molecule has 0 aliphatic rings. The number of nitrogens with two attached hydrogens (primary N) is 1. The summed E-state index contributed by atoms with van der Waals surface area (Å²) >= 11 is 4.82. The van der Waals surface area contributed by atoms with E-state index in [4.69, 9.17) is 10.2 Å². The summed E-state index contributed by atoms with van der Waals surface area (Å²) in [6.07, 6.45) is 0. The largest absolute Gasteiger partial charge is 0.420 e. The summed E-state index contributed by atoms with van der Waals surface area (Å²) in [6, 6.07) is 7.68. The topological polar surface area (TPSA) is 95.7 Å². The van der Waals surface area contributed by atoms with Gasteiger partial charge in [-0.3, -0.25) is 4.57 Å². The Kier molecular flexibility index (Phi) is 3.93. The minimum atomic E-state index is 0.374. The van der Waals surface area contributed by atoms with Crippen molar-refractivity contribution in [3.63, 3.8) is 0 Å². The van der Waals surface area contributed by atoms with Gasteiger partial charge in [-0.25, -0.2) is 0 Å². The summed E-state index contributed by atoms with van der Waals surface area (Å²) in [5.41, 5.74) is 6.50. The van der Waals surface area contributed by atoms with E-state index in [9.17, 15) is 0 Å². The van der Waals surface area contributed by atoms with Crippen LogP contribution in [0.15, 0.2) is 38.3 Å². The molecule has 0 saturated carbocycles. The van der Waals surface area contributed by atoms with E-state index < -0.39 is 0 Å². The Bertz CT molecular complexity index is 753. The van der Waals surface area contributed by atoms with E-state index in [1.807, 2.05) is 24.3 Å². The van der Waals surface area contributed by atoms with Gasteiger partial charge in [-0.2, -0.15) is 0 Å². The van der Waals surface area contributed by atoms with Crippen LogP contribution in [0.25, 0.3) is 11.5 Å². The molecule has 2 aromatic heterocycles. The highest BCUT2D eigenvalue weighted by molar-refractivity contribution is 9.10. The summed E-state index contributed by atoms with van der Waals surface area (Å²) in [6.45, 7) is 0. The van der Waals surface area contributed by atoms with Gasteiger partial charge >= 0.3 is 0 Å². The van der Waals surface area contributed by atoms with Crippen LogP contribution in [0.1, 0.15) is 5.89 Å². The van der Waals surface area contributed by atoms with Crippen LogP contribution in [0.5, 0.6) is 0 Å². The van der Waals surface area contributed by atoms with Crippen molar-refractivity contribution >= 4 is 33.6 Å². The predicted molar refractivity (Wildman–Crippen MR) is 82.4 cm³/mol. The molecule has 0 spiro atoms. The van der Waals surface area contributed by atoms with Gasteiger partial charge in [-0.15, -0.1) is 20.4 Å². The fourth-order valence-corrected chi connectivity index (χ4v) is 2.62. The number of benzene rings is 1. The fourth-order valence-electron chi connectivity index (χ4n) is 1.60. The molecule has 1 aromatic carbocycles. The fraction of sp³-hybridized carbons (Fsp3) is 0.167. The third-order valence-electron chi connectivity index (χ3n) is 2.75. The third-order valence-corrected chi connectivity index (χ3v) is 4.29. The lowest BCUT2D eigenvalue weighted by Crippen LogP contribution is -1.98. The molecule has 7 nitrogen and oxygen atoms in total. The number of nitrogens with zero attached hydrogens (tertiary/aromatic N) is 5. The van der Waals surface area contributed by atoms with Crippen molar-refractivity contribution in [3.05, 3.63) is 34.6 Å². The quantitative estimate of drug-likeness (QED) is 0.708. The van der Waals surface area contributed by atoms with Gasteiger partial charge in [-0.05, 0) is 24.3 Å². The van der Waals surface area contributed by atoms with Crippen LogP contribution < -0.4 is 5.73 Å². The van der Waals surface area contributed by atoms with Crippen LogP contribution in [0.2, 0.25) is 0 Å². The van der Waals surface area contributed by atoms with Crippen molar-refractivity contribution in [3.8, 4) is 11.5 Å². The van der Waals surface area contributed by atoms with Gasteiger partial charge in [0, 0.05) is 17.1 Å². The van der Waals surface area contributed by atoms with Crippen LogP contribution in [-0.2, 0) is 12.8 Å². The first kappa shape index (κ1) is 14.1. The van der Waals surface area contributed by atoms with Crippen LogP contribution in [0.4, 0.5) is 5.95 Å². The highest BCUT2D eigenvalue weighted by atomic mass is 79.9. The molecule has 0 aliphatic carbocycles. The van der Waals surface area contributed by atoms with Crippen LogP contribution in [0, 0.1) is 0 Å². The highest BCUT2D eigenvalue weighted by Crippen LogP contribution is 2.24. The second-order valence-corrected chi connectivity index (χ2v) is 6.05. The molecule has 2 N–H and O–H groups in total. The van der Waals surface area contributed by atoms with Crippen molar-refractivity contribution in [2.45, 2.75) is 10.9 Å². The Morgan fingerprint density at radius 1 is 1.19 bits per heavy atom. The zero-order valence-corrected chi connectivity index (χ0v) is 13.4. The predicted octanol–water partition coefficient (Wildman–Crippen LogP) is 2.50. The maximum absolute atomic E-state index is 5.63. The van der Waals surface area contributed by atoms with Gasteiger partial charge in [-0.1, -0.05) is 27.7 Å². The van der Waals surface area contributed by atoms with Gasteiger partial charge in [0.05, 0.1) is 5.75 Å². The molecule has 21 heavy (non-hydrogen) atoms. The minimum Gasteiger partial charge on any atom is -0.420 e. The summed E-state index contributed by atoms with van der Waals surface area (Å²) in [4.78, 5) is 0. The number of hydrogen-bond acceptors (Lipinski definition) is 7. The number of thioether (sulfide) groups is 1. The lowest BCUT2D eigenvalue weighted by atomic mass is 10.2. The molecule has 0 saturated heterocycles. The third kappa shape index (κ3) is 3.08. The summed E-state index contributed by atoms with van der Waals surface area (Å²) in [7, 11) is 1.80. The van der Waals surface area contributed by atoms with Crippen molar-refractivity contribution in [2.75, 3.05) is 5.73 Å². The molecule has 0 radical (unpaired) electrons. The highest BCUT2D eigenvalue weighted by Gasteiger charge is 2.11. The first-order chi connectivity index (χ1) is 10.1. The number of hydrogen-bond donors (Lipinski definition) is 1. The standard InChI is InChI=1S/C12H11BrN6OS/c1-19-11(14)17-18-12(19)21-6-9-15-16-10(20-9)7-2-4-8(13)5-3-7/h2-5H,6H2,1H3,(H2,14,17). The van der Waals surface area contributed by atoms with Crippen molar-refractivity contribution in [1.82, 2.24) is 25.0 Å². The SMILES string of the molecule is Cn1c(N)nnc1SCc1nnc(-c2ccc(Br)cc2)o1. The van der Waals surface area contributed by atoms with Crippen molar-refractivity contribution in [2.24, 2.45) is 7.05 Å². The normalized spacial score (nSPS) is 11.0. The molecule has 0 fully saturated rings. The first-order valence-electron chi connectivity index (χ1n) is 5.99. The Hall–Kier alpha value is -1.87. The Balaban J connectivity index is 1.70. The Labute approximate surface area is 133 Å². The molecule has 3 rings (SSSR count). The maximum Gasteiger partial charge on any atom is 0.247 e. The Morgan fingerprint density at radius 2 is 1.95 bits per heavy atom. The number of aromatic nitrogens is 5. The maximum atomic E-state index is 5.63. The van der Waals surface area contributed by atoms with Crippen LogP contribution >= 0.6 is 27.7 Å². The van der Waals surface area contributed by atoms with Gasteiger partial charge in [0.2, 0.25) is 17.7 Å². The van der Waals surface area contributed by atoms with E-state index in [1.54, 1.807) is 11.6 Å². The van der Waals surface area contributed by atoms with E-state index in [0.717, 1.165) is 10.0 Å². The summed E-state index contributed by atoms with van der Waals surface area (Å²) in [5.74, 6) is 1.91. The molecule has 0 amide bonds. The second kappa shape index (κ2) is 5.86. The molecular formula is C12H11BrN6OS. The minimum absolute atomic E-state index is 0.374. The van der Waals surface area contributed by atoms with Crippen LogP contribution in [-0.4, -0.2) is 25.0 Å². The Morgan fingerprint density at radius 3 is 2.62 bits per heavy atom. The molecule has 0 atom stereocenters.